The lowest BCUT2D eigenvalue weighted by atomic mass is 9.48. The summed E-state index contributed by atoms with van der Waals surface area (Å²) < 4.78 is 0. The van der Waals surface area contributed by atoms with Crippen molar-refractivity contribution in [1.29, 1.82) is 0 Å². The van der Waals surface area contributed by atoms with E-state index >= 15 is 0 Å². The summed E-state index contributed by atoms with van der Waals surface area (Å²) in [6.45, 7) is 7.52. The Morgan fingerprint density at radius 3 is 2.05 bits per heavy atom. The summed E-state index contributed by atoms with van der Waals surface area (Å²) in [6.07, 6.45) is 8.72. The molecule has 0 aromatic carbocycles. The van der Waals surface area contributed by atoms with Crippen LogP contribution >= 0.6 is 0 Å². The van der Waals surface area contributed by atoms with Crippen LogP contribution < -0.4 is 16.6 Å². The van der Waals surface area contributed by atoms with Gasteiger partial charge in [0.05, 0.1) is 0 Å². The van der Waals surface area contributed by atoms with E-state index in [-0.39, 0.29) is 0 Å². The number of nitrogens with two attached hydrogens (primary N) is 1. The lowest BCUT2D eigenvalue weighted by molar-refractivity contribution is -0.0673. The molecule has 4 fully saturated rings. The second-order valence-corrected chi connectivity index (χ2v) is 8.37. The molecular formula is C17H32N4. The minimum Gasteiger partial charge on any atom is -0.352 e. The normalized spacial score (nSPS) is 39.7. The Kier molecular flexibility index (Phi) is 4.17. The largest absolute Gasteiger partial charge is 0.352 e. The fraction of sp³-hybridized carbons (Fsp3) is 0.941. The Morgan fingerprint density at radius 1 is 1.10 bits per heavy atom. The van der Waals surface area contributed by atoms with Crippen molar-refractivity contribution in [2.45, 2.75) is 65.3 Å². The van der Waals surface area contributed by atoms with Gasteiger partial charge in [0.2, 0.25) is 5.96 Å². The molecule has 0 spiro atoms. The number of rotatable bonds is 4. The highest BCUT2D eigenvalue weighted by Gasteiger charge is 2.53. The zero-order valence-electron chi connectivity index (χ0n) is 13.9. The second-order valence-electron chi connectivity index (χ2n) is 8.37. The van der Waals surface area contributed by atoms with Crippen molar-refractivity contribution >= 4 is 5.96 Å². The SMILES string of the molecule is CC(C)CN=C(NN)NC(C)C12CC3CC(CC(C3)C1)C2. The molecule has 0 heterocycles. The first kappa shape index (κ1) is 15.1. The monoisotopic (exact) mass is 292 g/mol. The van der Waals surface area contributed by atoms with Gasteiger partial charge in [0.1, 0.15) is 0 Å². The summed E-state index contributed by atoms with van der Waals surface area (Å²) >= 11 is 0. The van der Waals surface area contributed by atoms with Crippen LogP contribution in [0.1, 0.15) is 59.3 Å². The van der Waals surface area contributed by atoms with Crippen LogP contribution in [0.5, 0.6) is 0 Å². The summed E-state index contributed by atoms with van der Waals surface area (Å²) in [6, 6.07) is 0.466. The molecule has 4 saturated carbocycles. The van der Waals surface area contributed by atoms with Gasteiger partial charge in [-0.1, -0.05) is 13.8 Å². The molecule has 0 amide bonds. The topological polar surface area (TPSA) is 62.4 Å². The molecule has 0 aromatic heterocycles. The van der Waals surface area contributed by atoms with Crippen molar-refractivity contribution in [3.63, 3.8) is 0 Å². The van der Waals surface area contributed by atoms with Gasteiger partial charge in [-0.2, -0.15) is 0 Å². The van der Waals surface area contributed by atoms with Gasteiger partial charge in [0.25, 0.3) is 0 Å². The third-order valence-corrected chi connectivity index (χ3v) is 6.11. The predicted octanol–water partition coefficient (Wildman–Crippen LogP) is 2.66. The van der Waals surface area contributed by atoms with Crippen LogP contribution in [0.15, 0.2) is 4.99 Å². The number of hydrogen-bond acceptors (Lipinski definition) is 2. The number of guanidine groups is 1. The lowest BCUT2D eigenvalue weighted by Crippen LogP contribution is -2.58. The third kappa shape index (κ3) is 3.05. The fourth-order valence-corrected chi connectivity index (χ4v) is 5.47. The standard InChI is InChI=1S/C17H32N4/c1-11(2)10-19-16(21-18)20-12(3)17-7-13-4-14(8-17)6-15(5-13)9-17/h11-15H,4-10,18H2,1-3H3,(H2,19,20,21). The summed E-state index contributed by atoms with van der Waals surface area (Å²) in [5, 5.41) is 3.59. The molecule has 4 bridgehead atoms. The first-order chi connectivity index (χ1) is 10.0. The summed E-state index contributed by atoms with van der Waals surface area (Å²) in [4.78, 5) is 4.58. The molecule has 4 N–H and O–H groups in total. The second kappa shape index (κ2) is 5.79. The molecule has 0 aromatic rings. The van der Waals surface area contributed by atoms with Crippen LogP contribution in [0.2, 0.25) is 0 Å². The molecule has 4 aliphatic rings. The fourth-order valence-electron chi connectivity index (χ4n) is 5.47. The molecule has 4 rings (SSSR count). The first-order valence-electron chi connectivity index (χ1n) is 8.78. The average molecular weight is 292 g/mol. The molecule has 0 aliphatic heterocycles. The summed E-state index contributed by atoms with van der Waals surface area (Å²) in [7, 11) is 0. The van der Waals surface area contributed by atoms with Crippen molar-refractivity contribution in [2.75, 3.05) is 6.54 Å². The smallest absolute Gasteiger partial charge is 0.205 e. The van der Waals surface area contributed by atoms with Gasteiger partial charge in [-0.25, -0.2) is 5.84 Å². The maximum Gasteiger partial charge on any atom is 0.205 e. The van der Waals surface area contributed by atoms with Crippen LogP contribution in [0.25, 0.3) is 0 Å². The van der Waals surface area contributed by atoms with E-state index in [1.807, 2.05) is 0 Å². The van der Waals surface area contributed by atoms with Gasteiger partial charge < -0.3 is 5.32 Å². The summed E-state index contributed by atoms with van der Waals surface area (Å²) in [5.74, 6) is 9.95. The number of aliphatic imine (C=N–C) groups is 1. The van der Waals surface area contributed by atoms with E-state index in [0.717, 1.165) is 30.3 Å². The van der Waals surface area contributed by atoms with E-state index < -0.39 is 0 Å². The first-order valence-corrected chi connectivity index (χ1v) is 8.78. The van der Waals surface area contributed by atoms with Crippen molar-refractivity contribution in [3.05, 3.63) is 0 Å². The van der Waals surface area contributed by atoms with Crippen LogP contribution in [0.3, 0.4) is 0 Å². The van der Waals surface area contributed by atoms with Gasteiger partial charge in [-0.15, -0.1) is 0 Å². The number of nitrogens with zero attached hydrogens (tertiary/aromatic N) is 1. The van der Waals surface area contributed by atoms with Crippen molar-refractivity contribution in [2.24, 2.45) is 39.9 Å². The van der Waals surface area contributed by atoms with Gasteiger partial charge in [0.15, 0.2) is 0 Å². The highest BCUT2D eigenvalue weighted by Crippen LogP contribution is 2.61. The van der Waals surface area contributed by atoms with E-state index in [2.05, 4.69) is 36.5 Å². The molecule has 4 nitrogen and oxygen atoms in total. The van der Waals surface area contributed by atoms with Gasteiger partial charge in [-0.05, 0) is 74.5 Å². The Morgan fingerprint density at radius 2 is 1.62 bits per heavy atom. The van der Waals surface area contributed by atoms with Gasteiger partial charge in [0, 0.05) is 12.6 Å². The van der Waals surface area contributed by atoms with E-state index in [1.165, 1.54) is 38.5 Å². The van der Waals surface area contributed by atoms with Gasteiger partial charge >= 0.3 is 0 Å². The minimum absolute atomic E-state index is 0.466. The number of nitrogens with one attached hydrogen (secondary N) is 2. The molecule has 4 aliphatic carbocycles. The van der Waals surface area contributed by atoms with E-state index in [4.69, 9.17) is 5.84 Å². The molecule has 4 heteroatoms. The molecular weight excluding hydrogens is 260 g/mol. The molecule has 1 unspecified atom stereocenters. The highest BCUT2D eigenvalue weighted by molar-refractivity contribution is 5.79. The predicted molar refractivity (Wildman–Crippen MR) is 87.7 cm³/mol. The maximum atomic E-state index is 5.66. The van der Waals surface area contributed by atoms with Crippen LogP contribution in [-0.4, -0.2) is 18.5 Å². The molecule has 120 valence electrons. The van der Waals surface area contributed by atoms with Crippen molar-refractivity contribution < 1.29 is 0 Å². The van der Waals surface area contributed by atoms with Crippen molar-refractivity contribution in [3.8, 4) is 0 Å². The van der Waals surface area contributed by atoms with Gasteiger partial charge in [-0.3, -0.25) is 10.4 Å². The molecule has 21 heavy (non-hydrogen) atoms. The zero-order chi connectivity index (χ0) is 15.0. The Hall–Kier alpha value is -0.770. The molecule has 0 saturated heterocycles. The zero-order valence-corrected chi connectivity index (χ0v) is 13.9. The Bertz CT molecular complexity index is 366. The van der Waals surface area contributed by atoms with Crippen LogP contribution in [0.4, 0.5) is 0 Å². The minimum atomic E-state index is 0.466. The quantitative estimate of drug-likeness (QED) is 0.323. The van der Waals surface area contributed by atoms with E-state index in [9.17, 15) is 0 Å². The Balaban J connectivity index is 1.67. The number of hydrazine groups is 1. The number of hydrogen-bond donors (Lipinski definition) is 3. The van der Waals surface area contributed by atoms with Crippen LogP contribution in [0, 0.1) is 29.1 Å². The molecule has 0 radical (unpaired) electrons. The van der Waals surface area contributed by atoms with E-state index in [0.29, 0.717) is 17.4 Å². The van der Waals surface area contributed by atoms with E-state index in [1.54, 1.807) is 0 Å². The van der Waals surface area contributed by atoms with Crippen LogP contribution in [-0.2, 0) is 0 Å². The average Bonchev–Trinajstić information content (AvgIpc) is 2.41. The van der Waals surface area contributed by atoms with Crippen molar-refractivity contribution in [1.82, 2.24) is 10.7 Å². The highest BCUT2D eigenvalue weighted by atomic mass is 15.3. The maximum absolute atomic E-state index is 5.66. The lowest BCUT2D eigenvalue weighted by Gasteiger charge is -2.59. The third-order valence-electron chi connectivity index (χ3n) is 6.11. The Labute approximate surface area is 129 Å². The summed E-state index contributed by atoms with van der Waals surface area (Å²) in [5.41, 5.74) is 3.25. The molecule has 1 atom stereocenters.